The molecule has 4 aliphatic heterocycles. The van der Waals surface area contributed by atoms with Gasteiger partial charge >= 0.3 is 5.97 Å². The Morgan fingerprint density at radius 2 is 1.66 bits per heavy atom. The average Bonchev–Trinajstić information content (AvgIpc) is 3.74. The molecule has 0 amide bonds. The Labute approximate surface area is 403 Å². The monoisotopic (exact) mass is 971 g/mol. The summed E-state index contributed by atoms with van der Waals surface area (Å²) in [5, 5.41) is 66.8. The Balaban J connectivity index is 1.47. The standard InChI is InChI=1S/C48H82N4O14S/c1-14-36-48(10,58)40(54)30(6)52(19-15-18-49-45(67)50-32-16-17-34-35(21-32)61-25-60-34)24-26(2)22-46(8,57)42(66-44-38(53)33(51(11)12)20-27(3)62-44)28(4)39(29(5)43(56)64-36)65-37-23-47(9,59-13)41(55)31(7)63-37/h16-17,21,26-31,33,36-42,44,53-55,57-58H,14-15,18-20,22-25H2,1-13H3,(H2,49,50,67)/t26-,27-,28+,29-,30-,31+,33+,36-,37+,38-,39+,40-,41+,42-,44+,46-,47-,48-/m1/s1. The second-order valence-electron chi connectivity index (χ2n) is 20.5. The minimum absolute atomic E-state index is 0.106. The summed E-state index contributed by atoms with van der Waals surface area (Å²) in [4.78, 5) is 18.6. The van der Waals surface area contributed by atoms with E-state index in [1.165, 1.54) is 14.0 Å². The van der Waals surface area contributed by atoms with E-state index in [9.17, 15) is 30.3 Å². The number of carbonyl (C=O) groups excluding carboxylic acids is 1. The van der Waals surface area contributed by atoms with Crippen molar-refractivity contribution in [3.05, 3.63) is 18.2 Å². The Morgan fingerprint density at radius 3 is 2.31 bits per heavy atom. The van der Waals surface area contributed by atoms with E-state index in [4.69, 9.17) is 50.1 Å². The number of hydrogen-bond donors (Lipinski definition) is 7. The highest BCUT2D eigenvalue weighted by Crippen LogP contribution is 2.41. The number of nitrogens with zero attached hydrogens (tertiary/aromatic N) is 2. The number of ether oxygens (including phenoxy) is 8. The third-order valence-electron chi connectivity index (χ3n) is 14.6. The molecule has 0 aliphatic carbocycles. The average molecular weight is 971 g/mol. The van der Waals surface area contributed by atoms with Crippen LogP contribution in [0.1, 0.15) is 101 Å². The van der Waals surface area contributed by atoms with Gasteiger partial charge in [-0.3, -0.25) is 9.69 Å². The van der Waals surface area contributed by atoms with Gasteiger partial charge < -0.3 is 79.0 Å². The molecule has 4 heterocycles. The van der Waals surface area contributed by atoms with E-state index >= 15 is 0 Å². The zero-order chi connectivity index (χ0) is 49.8. The minimum Gasteiger partial charge on any atom is -0.459 e. The highest BCUT2D eigenvalue weighted by Gasteiger charge is 2.53. The van der Waals surface area contributed by atoms with Crippen LogP contribution in [0.4, 0.5) is 5.69 Å². The molecule has 4 aliphatic rings. The number of aliphatic hydroxyl groups excluding tert-OH is 3. The number of fused-ring (bicyclic) bond motifs is 1. The van der Waals surface area contributed by atoms with Crippen molar-refractivity contribution in [2.24, 2.45) is 17.8 Å². The predicted molar refractivity (Wildman–Crippen MR) is 255 cm³/mol. The van der Waals surface area contributed by atoms with Crippen LogP contribution in [0.3, 0.4) is 0 Å². The first-order chi connectivity index (χ1) is 31.3. The third kappa shape index (κ3) is 13.3. The molecule has 3 fully saturated rings. The molecule has 0 spiro atoms. The van der Waals surface area contributed by atoms with Gasteiger partial charge in [0, 0.05) is 62.9 Å². The number of hydrogen-bond acceptors (Lipinski definition) is 17. The second-order valence-corrected chi connectivity index (χ2v) is 20.9. The summed E-state index contributed by atoms with van der Waals surface area (Å²) in [5.41, 5.74) is -3.85. The van der Waals surface area contributed by atoms with Crippen molar-refractivity contribution in [1.29, 1.82) is 0 Å². The van der Waals surface area contributed by atoms with E-state index in [-0.39, 0.29) is 44.1 Å². The molecule has 0 aromatic heterocycles. The quantitative estimate of drug-likeness (QED) is 0.0907. The van der Waals surface area contributed by atoms with Crippen molar-refractivity contribution in [3.8, 4) is 11.5 Å². The van der Waals surface area contributed by atoms with E-state index in [1.54, 1.807) is 34.6 Å². The molecule has 0 unspecified atom stereocenters. The van der Waals surface area contributed by atoms with Crippen LogP contribution in [0.15, 0.2) is 18.2 Å². The first-order valence-electron chi connectivity index (χ1n) is 24.0. The summed E-state index contributed by atoms with van der Waals surface area (Å²) >= 11 is 5.60. The highest BCUT2D eigenvalue weighted by molar-refractivity contribution is 7.80. The Bertz CT molecular complexity index is 1780. The summed E-state index contributed by atoms with van der Waals surface area (Å²) in [6.07, 6.45) is -8.29. The molecule has 7 N–H and O–H groups in total. The summed E-state index contributed by atoms with van der Waals surface area (Å²) in [6.45, 7) is 19.1. The van der Waals surface area contributed by atoms with Gasteiger partial charge in [-0.2, -0.15) is 0 Å². The van der Waals surface area contributed by atoms with Crippen molar-refractivity contribution in [2.45, 2.75) is 192 Å². The predicted octanol–water partition coefficient (Wildman–Crippen LogP) is 3.38. The number of aliphatic hydroxyl groups is 5. The molecule has 1 aromatic rings. The number of esters is 1. The summed E-state index contributed by atoms with van der Waals surface area (Å²) in [6, 6.07) is 4.52. The molecule has 0 saturated carbocycles. The van der Waals surface area contributed by atoms with Gasteiger partial charge in [-0.1, -0.05) is 20.8 Å². The number of cyclic esters (lactones) is 1. The number of nitrogens with one attached hydrogen (secondary N) is 2. The fourth-order valence-electron chi connectivity index (χ4n) is 10.5. The van der Waals surface area contributed by atoms with Crippen LogP contribution >= 0.6 is 12.2 Å². The Hall–Kier alpha value is -2.50. The van der Waals surface area contributed by atoms with Gasteiger partial charge in [0.2, 0.25) is 6.79 Å². The van der Waals surface area contributed by atoms with Crippen molar-refractivity contribution in [1.82, 2.24) is 15.1 Å². The van der Waals surface area contributed by atoms with Gasteiger partial charge in [-0.15, -0.1) is 0 Å². The van der Waals surface area contributed by atoms with Crippen LogP contribution < -0.4 is 20.1 Å². The van der Waals surface area contributed by atoms with E-state index < -0.39 is 96.0 Å². The zero-order valence-corrected chi connectivity index (χ0v) is 42.8. The lowest BCUT2D eigenvalue weighted by Crippen LogP contribution is -2.60. The summed E-state index contributed by atoms with van der Waals surface area (Å²) in [5.74, 6) is -1.52. The van der Waals surface area contributed by atoms with Crippen molar-refractivity contribution >= 4 is 29.0 Å². The number of likely N-dealkylation sites (N-methyl/N-ethyl adjacent to an activating group) is 1. The fourth-order valence-corrected chi connectivity index (χ4v) is 10.8. The van der Waals surface area contributed by atoms with Crippen LogP contribution in [-0.2, 0) is 33.2 Å². The molecule has 19 heteroatoms. The normalized spacial score (nSPS) is 41.5. The van der Waals surface area contributed by atoms with E-state index in [2.05, 4.69) is 15.5 Å². The van der Waals surface area contributed by atoms with Gasteiger partial charge in [0.15, 0.2) is 29.2 Å². The first-order valence-corrected chi connectivity index (χ1v) is 24.5. The van der Waals surface area contributed by atoms with E-state index in [0.29, 0.717) is 49.1 Å². The lowest BCUT2D eigenvalue weighted by atomic mass is 9.77. The van der Waals surface area contributed by atoms with Crippen molar-refractivity contribution in [2.75, 3.05) is 52.9 Å². The van der Waals surface area contributed by atoms with Gasteiger partial charge in [-0.25, -0.2) is 0 Å². The molecule has 67 heavy (non-hydrogen) atoms. The maximum absolute atomic E-state index is 14.6. The van der Waals surface area contributed by atoms with Crippen LogP contribution in [0, 0.1) is 17.8 Å². The molecule has 0 bridgehead atoms. The molecule has 5 rings (SSSR count). The lowest BCUT2D eigenvalue weighted by Gasteiger charge is -2.48. The van der Waals surface area contributed by atoms with Crippen LogP contribution in [-0.4, -0.2) is 184 Å². The van der Waals surface area contributed by atoms with Crippen molar-refractivity contribution in [3.63, 3.8) is 0 Å². The van der Waals surface area contributed by atoms with Gasteiger partial charge in [0.25, 0.3) is 0 Å². The number of carbonyl (C=O) groups is 1. The maximum Gasteiger partial charge on any atom is 0.311 e. The topological polar surface area (TPSA) is 223 Å². The molecular weight excluding hydrogens is 889 g/mol. The second kappa shape index (κ2) is 23.2. The third-order valence-corrected chi connectivity index (χ3v) is 14.8. The molecule has 384 valence electrons. The Kier molecular flexibility index (Phi) is 19.2. The lowest BCUT2D eigenvalue weighted by molar-refractivity contribution is -0.318. The number of methoxy groups -OCH3 is 1. The maximum atomic E-state index is 14.6. The minimum atomic E-state index is -1.90. The fraction of sp³-hybridized carbons (Fsp3) is 0.833. The molecule has 18 nitrogen and oxygen atoms in total. The van der Waals surface area contributed by atoms with Crippen LogP contribution in [0.25, 0.3) is 0 Å². The summed E-state index contributed by atoms with van der Waals surface area (Å²) in [7, 11) is 5.27. The van der Waals surface area contributed by atoms with Gasteiger partial charge in [-0.05, 0) is 119 Å². The van der Waals surface area contributed by atoms with Crippen LogP contribution in [0.2, 0.25) is 0 Å². The Morgan fingerprint density at radius 1 is 0.970 bits per heavy atom. The molecule has 3 saturated heterocycles. The number of thiocarbonyl (C=S) groups is 1. The van der Waals surface area contributed by atoms with E-state index in [1.807, 2.05) is 64.9 Å². The van der Waals surface area contributed by atoms with Crippen LogP contribution in [0.5, 0.6) is 11.5 Å². The first kappa shape index (κ1) is 55.4. The van der Waals surface area contributed by atoms with Crippen molar-refractivity contribution < 1.29 is 68.2 Å². The van der Waals surface area contributed by atoms with Gasteiger partial charge in [0.05, 0.1) is 41.5 Å². The SMILES string of the molecule is CC[C@H]1OC(=O)[C@H](C)[C@@H](O[C@H]2C[C@@](C)(OC)[C@@H](O)[C@H](C)O2)[C@H](C)[C@@H](O[C@@H]2O[C@H](C)C[C@H](N(C)C)[C@H]2O)[C@](C)(O)C[C@@H](C)CN(CCCNC(=S)Nc2ccc3c(c2)OCO3)[C@H](C)[C@@H](O)[C@]1(C)O. The zero-order valence-electron chi connectivity index (χ0n) is 42.0. The van der Waals surface area contributed by atoms with Gasteiger partial charge in [0.1, 0.15) is 30.0 Å². The largest absolute Gasteiger partial charge is 0.459 e. The molecule has 18 atom stereocenters. The summed E-state index contributed by atoms with van der Waals surface area (Å²) < 4.78 is 49.0. The highest BCUT2D eigenvalue weighted by atomic mass is 32.1. The molecule has 0 radical (unpaired) electrons. The molecule has 1 aromatic carbocycles. The number of rotatable bonds is 12. The number of benzene rings is 1. The number of anilines is 1. The molecular formula is C48H82N4O14S. The smallest absolute Gasteiger partial charge is 0.311 e. The van der Waals surface area contributed by atoms with E-state index in [0.717, 1.165) is 5.69 Å².